The van der Waals surface area contributed by atoms with Crippen molar-refractivity contribution in [2.24, 2.45) is 11.3 Å². The molecule has 0 radical (unpaired) electrons. The lowest BCUT2D eigenvalue weighted by Gasteiger charge is -2.43. The molecule has 0 N–H and O–H groups in total. The number of carbonyl (C=O) groups is 3. The van der Waals surface area contributed by atoms with Crippen LogP contribution in [0.15, 0.2) is 0 Å². The molecule has 0 aromatic rings. The molecule has 0 saturated carbocycles. The zero-order valence-corrected chi connectivity index (χ0v) is 13.2. The number of imide groups is 2. The summed E-state index contributed by atoms with van der Waals surface area (Å²) in [5.74, 6) is -0.215. The molecule has 0 aliphatic carbocycles. The highest BCUT2D eigenvalue weighted by Gasteiger charge is 2.54. The van der Waals surface area contributed by atoms with Gasteiger partial charge in [-0.1, -0.05) is 20.8 Å². The van der Waals surface area contributed by atoms with Gasteiger partial charge in [0.15, 0.2) is 0 Å². The Labute approximate surface area is 121 Å². The Morgan fingerprint density at radius 3 is 1.70 bits per heavy atom. The van der Waals surface area contributed by atoms with Crippen LogP contribution >= 0.6 is 0 Å². The molecule has 0 aromatic carbocycles. The first kappa shape index (κ1) is 16.7. The Hall–Kier alpha value is -1.39. The molecule has 1 saturated heterocycles. The van der Waals surface area contributed by atoms with E-state index >= 15 is 0 Å². The van der Waals surface area contributed by atoms with Gasteiger partial charge in [0.2, 0.25) is 11.8 Å². The van der Waals surface area contributed by atoms with E-state index in [0.29, 0.717) is 31.8 Å². The number of carbonyl (C=O) groups excluding carboxylic acids is 3. The van der Waals surface area contributed by atoms with Crippen molar-refractivity contribution in [3.8, 4) is 0 Å². The molecule has 1 rings (SSSR count). The standard InChI is InChI=1S/C15H26N2O3/c1-6-15(10-9-11(4)5)12(18)16(7-2)14(20)17(8-3)13(15)19/h11H,6-10H2,1-5H3. The van der Waals surface area contributed by atoms with Crippen molar-refractivity contribution in [3.05, 3.63) is 0 Å². The smallest absolute Gasteiger partial charge is 0.273 e. The van der Waals surface area contributed by atoms with Crippen LogP contribution in [-0.4, -0.2) is 40.7 Å². The topological polar surface area (TPSA) is 57.7 Å². The Morgan fingerprint density at radius 2 is 1.40 bits per heavy atom. The Balaban J connectivity index is 3.20. The number of nitrogens with zero attached hydrogens (tertiary/aromatic N) is 2. The van der Waals surface area contributed by atoms with Crippen molar-refractivity contribution < 1.29 is 14.4 Å². The van der Waals surface area contributed by atoms with Gasteiger partial charge < -0.3 is 0 Å². The molecule has 1 heterocycles. The lowest BCUT2D eigenvalue weighted by molar-refractivity contribution is -0.159. The van der Waals surface area contributed by atoms with Gasteiger partial charge in [-0.25, -0.2) is 4.79 Å². The Morgan fingerprint density at radius 1 is 0.950 bits per heavy atom. The molecule has 4 amide bonds. The average Bonchev–Trinajstić information content (AvgIpc) is 2.40. The highest BCUT2D eigenvalue weighted by Crippen LogP contribution is 2.38. The zero-order chi connectivity index (χ0) is 15.5. The summed E-state index contributed by atoms with van der Waals surface area (Å²) in [4.78, 5) is 39.9. The SMILES string of the molecule is CCN1C(=O)N(CC)C(=O)C(CC)(CCC(C)C)C1=O. The van der Waals surface area contributed by atoms with E-state index in [9.17, 15) is 14.4 Å². The zero-order valence-electron chi connectivity index (χ0n) is 13.2. The minimum absolute atomic E-state index is 0.310. The quantitative estimate of drug-likeness (QED) is 0.704. The maximum Gasteiger partial charge on any atom is 0.333 e. The van der Waals surface area contributed by atoms with Crippen LogP contribution in [0.2, 0.25) is 0 Å². The average molecular weight is 282 g/mol. The lowest BCUT2D eigenvalue weighted by atomic mass is 9.75. The van der Waals surface area contributed by atoms with E-state index in [0.717, 1.165) is 6.42 Å². The first-order valence-corrected chi connectivity index (χ1v) is 7.53. The molecule has 0 unspecified atom stereocenters. The lowest BCUT2D eigenvalue weighted by Crippen LogP contribution is -2.64. The van der Waals surface area contributed by atoms with E-state index in [1.54, 1.807) is 13.8 Å². The van der Waals surface area contributed by atoms with Crippen molar-refractivity contribution in [1.29, 1.82) is 0 Å². The monoisotopic (exact) mass is 282 g/mol. The summed E-state index contributed by atoms with van der Waals surface area (Å²) in [6.45, 7) is 10.1. The first-order valence-electron chi connectivity index (χ1n) is 7.53. The van der Waals surface area contributed by atoms with Crippen molar-refractivity contribution in [1.82, 2.24) is 9.80 Å². The molecule has 5 heteroatoms. The Kier molecular flexibility index (Phi) is 5.31. The van der Waals surface area contributed by atoms with Crippen molar-refractivity contribution in [2.75, 3.05) is 13.1 Å². The van der Waals surface area contributed by atoms with Gasteiger partial charge in [-0.05, 0) is 39.0 Å². The second-order valence-electron chi connectivity index (χ2n) is 5.75. The van der Waals surface area contributed by atoms with Gasteiger partial charge in [-0.3, -0.25) is 19.4 Å². The van der Waals surface area contributed by atoms with Gasteiger partial charge in [0.25, 0.3) is 0 Å². The van der Waals surface area contributed by atoms with Gasteiger partial charge in [0.1, 0.15) is 5.41 Å². The van der Waals surface area contributed by atoms with Crippen molar-refractivity contribution in [3.63, 3.8) is 0 Å². The Bertz CT molecular complexity index is 378. The van der Waals surface area contributed by atoms with E-state index in [-0.39, 0.29) is 11.8 Å². The summed E-state index contributed by atoms with van der Waals surface area (Å²) in [6.07, 6.45) is 1.76. The van der Waals surface area contributed by atoms with Gasteiger partial charge in [0, 0.05) is 13.1 Å². The van der Waals surface area contributed by atoms with E-state index in [4.69, 9.17) is 0 Å². The van der Waals surface area contributed by atoms with Crippen LogP contribution in [0.3, 0.4) is 0 Å². The predicted octanol–water partition coefficient (Wildman–Crippen LogP) is 2.65. The van der Waals surface area contributed by atoms with Crippen LogP contribution in [0.5, 0.6) is 0 Å². The fraction of sp³-hybridized carbons (Fsp3) is 0.800. The van der Waals surface area contributed by atoms with Gasteiger partial charge >= 0.3 is 6.03 Å². The highest BCUT2D eigenvalue weighted by molar-refractivity contribution is 6.19. The van der Waals surface area contributed by atoms with E-state index in [1.165, 1.54) is 9.80 Å². The second kappa shape index (κ2) is 6.37. The molecule has 0 spiro atoms. The number of amides is 4. The van der Waals surface area contributed by atoms with Crippen LogP contribution < -0.4 is 0 Å². The fourth-order valence-electron chi connectivity index (χ4n) is 2.71. The third-order valence-electron chi connectivity index (χ3n) is 4.16. The van der Waals surface area contributed by atoms with Gasteiger partial charge in [0.05, 0.1) is 0 Å². The van der Waals surface area contributed by atoms with Crippen LogP contribution in [-0.2, 0) is 9.59 Å². The number of rotatable bonds is 6. The van der Waals surface area contributed by atoms with Gasteiger partial charge in [-0.2, -0.15) is 0 Å². The van der Waals surface area contributed by atoms with Crippen LogP contribution in [0.1, 0.15) is 53.9 Å². The van der Waals surface area contributed by atoms with Crippen LogP contribution in [0.25, 0.3) is 0 Å². The number of urea groups is 1. The minimum atomic E-state index is -1.05. The summed E-state index contributed by atoms with van der Waals surface area (Å²) in [7, 11) is 0. The number of barbiturate groups is 1. The summed E-state index contributed by atoms with van der Waals surface area (Å²) in [5.41, 5.74) is -1.05. The largest absolute Gasteiger partial charge is 0.333 e. The van der Waals surface area contributed by atoms with E-state index < -0.39 is 11.4 Å². The first-order chi connectivity index (χ1) is 9.35. The van der Waals surface area contributed by atoms with Crippen LogP contribution in [0, 0.1) is 11.3 Å². The van der Waals surface area contributed by atoms with Gasteiger partial charge in [-0.15, -0.1) is 0 Å². The molecular formula is C15H26N2O3. The predicted molar refractivity (Wildman–Crippen MR) is 77.0 cm³/mol. The molecule has 1 fully saturated rings. The molecule has 114 valence electrons. The van der Waals surface area contributed by atoms with E-state index in [2.05, 4.69) is 13.8 Å². The summed E-state index contributed by atoms with van der Waals surface area (Å²) in [5, 5.41) is 0. The molecule has 20 heavy (non-hydrogen) atoms. The van der Waals surface area contributed by atoms with Crippen LogP contribution in [0.4, 0.5) is 4.79 Å². The molecule has 1 aliphatic rings. The molecule has 0 bridgehead atoms. The molecular weight excluding hydrogens is 256 g/mol. The maximum absolute atomic E-state index is 12.7. The second-order valence-corrected chi connectivity index (χ2v) is 5.75. The van der Waals surface area contributed by atoms with Crippen molar-refractivity contribution in [2.45, 2.75) is 53.9 Å². The molecule has 5 nitrogen and oxygen atoms in total. The number of hydrogen-bond acceptors (Lipinski definition) is 3. The number of hydrogen-bond donors (Lipinski definition) is 0. The van der Waals surface area contributed by atoms with Crippen molar-refractivity contribution >= 4 is 17.8 Å². The molecule has 1 aliphatic heterocycles. The summed E-state index contributed by atoms with van der Waals surface area (Å²) < 4.78 is 0. The van der Waals surface area contributed by atoms with E-state index in [1.807, 2.05) is 6.92 Å². The fourth-order valence-corrected chi connectivity index (χ4v) is 2.71. The molecule has 0 atom stereocenters. The maximum atomic E-state index is 12.7. The normalized spacial score (nSPS) is 19.2. The third kappa shape index (κ3) is 2.58. The molecule has 0 aromatic heterocycles. The highest BCUT2D eigenvalue weighted by atomic mass is 16.2. The minimum Gasteiger partial charge on any atom is -0.273 e. The third-order valence-corrected chi connectivity index (χ3v) is 4.16. The summed E-state index contributed by atoms with van der Waals surface area (Å²) in [6, 6.07) is -0.473. The summed E-state index contributed by atoms with van der Waals surface area (Å²) >= 11 is 0.